The molecule has 0 N–H and O–H groups in total. The predicted molar refractivity (Wildman–Crippen MR) is 80.9 cm³/mol. The average Bonchev–Trinajstić information content (AvgIpc) is 3.09. The maximum Gasteiger partial charge on any atom is 0.158 e. The van der Waals surface area contributed by atoms with Gasteiger partial charge in [0.2, 0.25) is 0 Å². The molecular formula is C13H19ClN4S. The molecule has 104 valence electrons. The van der Waals surface area contributed by atoms with Crippen molar-refractivity contribution in [3.63, 3.8) is 0 Å². The highest BCUT2D eigenvalue weighted by atomic mass is 35.5. The second-order valence-electron chi connectivity index (χ2n) is 5.08. The second-order valence-corrected chi connectivity index (χ2v) is 6.49. The van der Waals surface area contributed by atoms with Gasteiger partial charge in [-0.2, -0.15) is 16.9 Å². The Bertz CT molecular complexity index is 583. The molecule has 0 spiro atoms. The number of fused-ring (bicyclic) bond motifs is 1. The maximum atomic E-state index is 6.08. The number of hydrogen-bond donors (Lipinski definition) is 0. The average molecular weight is 299 g/mol. The van der Waals surface area contributed by atoms with Crippen LogP contribution in [0.3, 0.4) is 0 Å². The van der Waals surface area contributed by atoms with Gasteiger partial charge in [0, 0.05) is 13.1 Å². The molecule has 1 fully saturated rings. The first-order valence-corrected chi connectivity index (χ1v) is 8.49. The van der Waals surface area contributed by atoms with Gasteiger partial charge < -0.3 is 4.57 Å². The van der Waals surface area contributed by atoms with Crippen molar-refractivity contribution in [1.29, 1.82) is 0 Å². The molecule has 0 saturated carbocycles. The zero-order valence-electron chi connectivity index (χ0n) is 11.4. The Kier molecular flexibility index (Phi) is 3.76. The van der Waals surface area contributed by atoms with E-state index in [1.54, 1.807) is 0 Å². The first-order chi connectivity index (χ1) is 9.24. The monoisotopic (exact) mass is 298 g/mol. The van der Waals surface area contributed by atoms with Crippen LogP contribution in [0.15, 0.2) is 0 Å². The van der Waals surface area contributed by atoms with Gasteiger partial charge in [0.25, 0.3) is 0 Å². The molecule has 0 aliphatic carbocycles. The van der Waals surface area contributed by atoms with Gasteiger partial charge in [-0.3, -0.25) is 0 Å². The standard InChI is InChI=1S/C13H19ClN4S/c1-3-18-13-12(9(2)16-18)15-11(6-14)17(13)7-10-4-5-19-8-10/h10H,3-8H2,1-2H3. The quantitative estimate of drug-likeness (QED) is 0.814. The molecular weight excluding hydrogens is 280 g/mol. The molecule has 1 unspecified atom stereocenters. The summed E-state index contributed by atoms with van der Waals surface area (Å²) >= 11 is 8.12. The molecule has 1 atom stereocenters. The van der Waals surface area contributed by atoms with Crippen LogP contribution in [-0.2, 0) is 19.0 Å². The Morgan fingerprint density at radius 2 is 2.32 bits per heavy atom. The molecule has 1 saturated heterocycles. The molecule has 4 nitrogen and oxygen atoms in total. The third-order valence-electron chi connectivity index (χ3n) is 3.76. The van der Waals surface area contributed by atoms with E-state index in [9.17, 15) is 0 Å². The molecule has 2 aromatic heterocycles. The number of imidazole rings is 1. The highest BCUT2D eigenvalue weighted by Gasteiger charge is 2.22. The largest absolute Gasteiger partial charge is 0.312 e. The highest BCUT2D eigenvalue weighted by Crippen LogP contribution is 2.28. The van der Waals surface area contributed by atoms with Gasteiger partial charge in [0.05, 0.1) is 11.6 Å². The fraction of sp³-hybridized carbons (Fsp3) is 0.692. The molecule has 3 rings (SSSR count). The van der Waals surface area contributed by atoms with Crippen molar-refractivity contribution < 1.29 is 0 Å². The summed E-state index contributed by atoms with van der Waals surface area (Å²) in [4.78, 5) is 4.68. The predicted octanol–water partition coefficient (Wildman–Crippen LogP) is 3.05. The van der Waals surface area contributed by atoms with Crippen LogP contribution in [0.4, 0.5) is 0 Å². The lowest BCUT2D eigenvalue weighted by Crippen LogP contribution is -2.14. The van der Waals surface area contributed by atoms with E-state index >= 15 is 0 Å². The van der Waals surface area contributed by atoms with Gasteiger partial charge in [0.1, 0.15) is 11.3 Å². The second kappa shape index (κ2) is 5.37. The van der Waals surface area contributed by atoms with Crippen LogP contribution >= 0.6 is 23.4 Å². The molecule has 0 aromatic carbocycles. The Balaban J connectivity index is 2.07. The fourth-order valence-electron chi connectivity index (χ4n) is 2.77. The van der Waals surface area contributed by atoms with E-state index in [4.69, 9.17) is 11.6 Å². The minimum absolute atomic E-state index is 0.470. The summed E-state index contributed by atoms with van der Waals surface area (Å²) in [5.41, 5.74) is 3.17. The third-order valence-corrected chi connectivity index (χ3v) is 5.23. The van der Waals surface area contributed by atoms with Crippen molar-refractivity contribution >= 4 is 34.5 Å². The van der Waals surface area contributed by atoms with Gasteiger partial charge in [-0.05, 0) is 37.7 Å². The molecule has 2 aromatic rings. The van der Waals surface area contributed by atoms with Gasteiger partial charge in [-0.1, -0.05) is 0 Å². The summed E-state index contributed by atoms with van der Waals surface area (Å²) in [5.74, 6) is 4.73. The third kappa shape index (κ3) is 2.27. The molecule has 1 aliphatic heterocycles. The van der Waals surface area contributed by atoms with Crippen molar-refractivity contribution in [2.24, 2.45) is 5.92 Å². The van der Waals surface area contributed by atoms with E-state index in [0.29, 0.717) is 5.88 Å². The van der Waals surface area contributed by atoms with Crippen molar-refractivity contribution in [3.8, 4) is 0 Å². The Morgan fingerprint density at radius 1 is 1.47 bits per heavy atom. The van der Waals surface area contributed by atoms with Crippen molar-refractivity contribution in [2.45, 2.75) is 39.2 Å². The molecule has 0 bridgehead atoms. The van der Waals surface area contributed by atoms with Gasteiger partial charge >= 0.3 is 0 Å². The Labute approximate surface area is 122 Å². The smallest absolute Gasteiger partial charge is 0.158 e. The number of rotatable bonds is 4. The SMILES string of the molecule is CCn1nc(C)c2nc(CCl)n(CC3CCSC3)c21. The van der Waals surface area contributed by atoms with Crippen LogP contribution in [0.5, 0.6) is 0 Å². The summed E-state index contributed by atoms with van der Waals surface area (Å²) in [7, 11) is 0. The lowest BCUT2D eigenvalue weighted by atomic mass is 10.1. The van der Waals surface area contributed by atoms with Crippen LogP contribution < -0.4 is 0 Å². The van der Waals surface area contributed by atoms with E-state index in [0.717, 1.165) is 41.7 Å². The zero-order chi connectivity index (χ0) is 13.4. The van der Waals surface area contributed by atoms with Crippen LogP contribution in [0.1, 0.15) is 24.9 Å². The van der Waals surface area contributed by atoms with Crippen LogP contribution in [0, 0.1) is 12.8 Å². The summed E-state index contributed by atoms with van der Waals surface area (Å²) in [6.45, 7) is 6.04. The molecule has 6 heteroatoms. The number of hydrogen-bond acceptors (Lipinski definition) is 3. The molecule has 0 radical (unpaired) electrons. The van der Waals surface area contributed by atoms with Crippen LogP contribution in [0.25, 0.3) is 11.2 Å². The molecule has 1 aliphatic rings. The number of alkyl halides is 1. The maximum absolute atomic E-state index is 6.08. The van der Waals surface area contributed by atoms with E-state index < -0.39 is 0 Å². The number of thioether (sulfide) groups is 1. The van der Waals surface area contributed by atoms with Gasteiger partial charge in [0.15, 0.2) is 5.65 Å². The Hall–Kier alpha value is -0.680. The molecule has 0 amide bonds. The summed E-state index contributed by atoms with van der Waals surface area (Å²) < 4.78 is 4.35. The van der Waals surface area contributed by atoms with Gasteiger partial charge in [-0.15, -0.1) is 11.6 Å². The van der Waals surface area contributed by atoms with E-state index in [-0.39, 0.29) is 0 Å². The zero-order valence-corrected chi connectivity index (χ0v) is 13.0. The normalized spacial score (nSPS) is 19.6. The van der Waals surface area contributed by atoms with Crippen LogP contribution in [0.2, 0.25) is 0 Å². The van der Waals surface area contributed by atoms with E-state index in [1.807, 2.05) is 18.7 Å². The number of nitrogens with zero attached hydrogens (tertiary/aromatic N) is 4. The minimum Gasteiger partial charge on any atom is -0.312 e. The summed E-state index contributed by atoms with van der Waals surface area (Å²) in [5, 5.41) is 4.56. The van der Waals surface area contributed by atoms with Crippen molar-refractivity contribution in [3.05, 3.63) is 11.5 Å². The van der Waals surface area contributed by atoms with Crippen LogP contribution in [-0.4, -0.2) is 30.8 Å². The summed E-state index contributed by atoms with van der Waals surface area (Å²) in [6.07, 6.45) is 1.30. The van der Waals surface area contributed by atoms with Gasteiger partial charge in [-0.25, -0.2) is 9.67 Å². The van der Waals surface area contributed by atoms with E-state index in [1.165, 1.54) is 17.9 Å². The lowest BCUT2D eigenvalue weighted by molar-refractivity contribution is 0.483. The number of halogens is 1. The highest BCUT2D eigenvalue weighted by molar-refractivity contribution is 7.99. The molecule has 19 heavy (non-hydrogen) atoms. The first kappa shape index (κ1) is 13.3. The van der Waals surface area contributed by atoms with Crippen molar-refractivity contribution in [2.75, 3.05) is 11.5 Å². The van der Waals surface area contributed by atoms with Crippen molar-refractivity contribution in [1.82, 2.24) is 19.3 Å². The fourth-order valence-corrected chi connectivity index (χ4v) is 4.25. The lowest BCUT2D eigenvalue weighted by Gasteiger charge is -2.13. The summed E-state index contributed by atoms with van der Waals surface area (Å²) in [6, 6.07) is 0. The number of aromatic nitrogens is 4. The minimum atomic E-state index is 0.470. The first-order valence-electron chi connectivity index (χ1n) is 6.80. The van der Waals surface area contributed by atoms with E-state index in [2.05, 4.69) is 26.3 Å². The molecule has 3 heterocycles. The topological polar surface area (TPSA) is 35.6 Å². The number of aryl methyl sites for hydroxylation is 2. The Morgan fingerprint density at radius 3 is 2.95 bits per heavy atom.